The second-order valence-corrected chi connectivity index (χ2v) is 16.4. The largest absolute Gasteiger partial charge is 0.366 e. The fourth-order valence-corrected chi connectivity index (χ4v) is 9.54. The second kappa shape index (κ2) is 15.1. The standard InChI is InChI=1S/C30H18N3.C25H25N2.Ir/c1-32-29-23(31-30(32)18-9-3-2-4-10-18)16-15-19-17-22-20-11-5-7-13-24(20)33-25-14-8-6-12-21(25)27(26(19)29)28(22)33;1-17(2)20-13-10-14-21(18(3)4)24(20)27-23-16-9-8-15-22(23)26-25(27)19-11-6-5-7-12-19;/h2-9,11-17H,1H3;5-11,13-18H,1-4H3;/q2*-1;. The van der Waals surface area contributed by atoms with Gasteiger partial charge in [-0.3, -0.25) is 9.97 Å². The fourth-order valence-electron chi connectivity index (χ4n) is 9.54. The van der Waals surface area contributed by atoms with Crippen LogP contribution in [0.25, 0.3) is 99.4 Å². The maximum absolute atomic E-state index is 5.03. The average molecular weight is 966 g/mol. The van der Waals surface area contributed by atoms with Gasteiger partial charge in [0.15, 0.2) is 0 Å². The molecule has 0 aliphatic rings. The van der Waals surface area contributed by atoms with Crippen molar-refractivity contribution in [2.45, 2.75) is 39.5 Å². The van der Waals surface area contributed by atoms with E-state index in [1.165, 1.54) is 71.2 Å². The summed E-state index contributed by atoms with van der Waals surface area (Å²) in [6.45, 7) is 9.04. The van der Waals surface area contributed by atoms with Crippen molar-refractivity contribution in [3.63, 3.8) is 0 Å². The van der Waals surface area contributed by atoms with Gasteiger partial charge in [-0.05, 0) is 64.7 Å². The molecule has 0 spiro atoms. The van der Waals surface area contributed by atoms with E-state index in [9.17, 15) is 0 Å². The van der Waals surface area contributed by atoms with Gasteiger partial charge in [0, 0.05) is 59.8 Å². The predicted octanol–water partition coefficient (Wildman–Crippen LogP) is 14.1. The Morgan fingerprint density at radius 1 is 0.492 bits per heavy atom. The Labute approximate surface area is 368 Å². The molecule has 0 saturated carbocycles. The van der Waals surface area contributed by atoms with Gasteiger partial charge in [-0.15, -0.1) is 71.8 Å². The van der Waals surface area contributed by atoms with Gasteiger partial charge in [0.1, 0.15) is 0 Å². The number of aromatic nitrogens is 5. The van der Waals surface area contributed by atoms with E-state index in [1.54, 1.807) is 0 Å². The molecule has 0 N–H and O–H groups in total. The quantitative estimate of drug-likeness (QED) is 0.161. The van der Waals surface area contributed by atoms with Crippen LogP contribution in [0.5, 0.6) is 0 Å². The second-order valence-electron chi connectivity index (χ2n) is 16.4. The van der Waals surface area contributed by atoms with E-state index < -0.39 is 0 Å². The molecule has 8 aromatic carbocycles. The molecule has 4 heterocycles. The Morgan fingerprint density at radius 2 is 1.07 bits per heavy atom. The van der Waals surface area contributed by atoms with Crippen LogP contribution < -0.4 is 0 Å². The van der Waals surface area contributed by atoms with Crippen LogP contribution in [0, 0.1) is 12.1 Å². The van der Waals surface area contributed by atoms with E-state index in [0.29, 0.717) is 11.8 Å². The Kier molecular flexibility index (Phi) is 9.59. The third-order valence-electron chi connectivity index (χ3n) is 12.2. The Morgan fingerprint density at radius 3 is 1.72 bits per heavy atom. The van der Waals surface area contributed by atoms with E-state index in [4.69, 9.17) is 9.97 Å². The summed E-state index contributed by atoms with van der Waals surface area (Å²) >= 11 is 0. The fraction of sp³-hybridized carbons (Fsp3) is 0.127. The molecule has 0 saturated heterocycles. The molecule has 61 heavy (non-hydrogen) atoms. The SMILES string of the molecule is CC(C)c1cccc(C(C)C)c1-n1c(-c2[c-]cccc2)nc2ccccc21.Cn1c(-c2[c-]cccc2)nc2ccc3cc4c5ccccc5n5c6ccccc6c(c3c21)c45.[Ir]. The van der Waals surface area contributed by atoms with E-state index in [2.05, 4.69) is 182 Å². The molecule has 0 bridgehead atoms. The van der Waals surface area contributed by atoms with Gasteiger partial charge in [-0.25, -0.2) is 0 Å². The first-order valence-electron chi connectivity index (χ1n) is 20.9. The Hall–Kier alpha value is -6.59. The van der Waals surface area contributed by atoms with Crippen molar-refractivity contribution >= 4 is 70.9 Å². The van der Waals surface area contributed by atoms with Gasteiger partial charge in [-0.1, -0.05) is 100 Å². The monoisotopic (exact) mass is 966 g/mol. The van der Waals surface area contributed by atoms with Crippen molar-refractivity contribution in [2.75, 3.05) is 0 Å². The Balaban J connectivity index is 0.000000147. The molecule has 5 nitrogen and oxygen atoms in total. The predicted molar refractivity (Wildman–Crippen MR) is 251 cm³/mol. The summed E-state index contributed by atoms with van der Waals surface area (Å²) in [6, 6.07) is 62.2. The number of benzene rings is 8. The van der Waals surface area contributed by atoms with Crippen molar-refractivity contribution in [1.82, 2.24) is 23.5 Å². The molecule has 4 aromatic heterocycles. The van der Waals surface area contributed by atoms with Gasteiger partial charge in [0.25, 0.3) is 0 Å². The zero-order valence-corrected chi connectivity index (χ0v) is 37.1. The summed E-state index contributed by atoms with van der Waals surface area (Å²) in [5.74, 6) is 2.74. The summed E-state index contributed by atoms with van der Waals surface area (Å²) in [7, 11) is 2.12. The van der Waals surface area contributed by atoms with E-state index in [-0.39, 0.29) is 20.1 Å². The topological polar surface area (TPSA) is 40.0 Å². The maximum atomic E-state index is 5.03. The molecular formula is C55H43IrN5-2. The van der Waals surface area contributed by atoms with Gasteiger partial charge < -0.3 is 13.5 Å². The molecule has 0 atom stereocenters. The number of imidazole rings is 2. The van der Waals surface area contributed by atoms with Crippen molar-refractivity contribution in [1.29, 1.82) is 0 Å². The smallest absolute Gasteiger partial charge is 0.0777 e. The molecule has 299 valence electrons. The van der Waals surface area contributed by atoms with Gasteiger partial charge in [0.2, 0.25) is 0 Å². The summed E-state index contributed by atoms with van der Waals surface area (Å²) in [6.07, 6.45) is 0. The van der Waals surface area contributed by atoms with E-state index in [1.807, 2.05) is 36.4 Å². The number of nitrogens with zero attached hydrogens (tertiary/aromatic N) is 5. The maximum Gasteiger partial charge on any atom is 0.0777 e. The molecule has 0 unspecified atom stereocenters. The number of fused-ring (bicyclic) bond motifs is 11. The van der Waals surface area contributed by atoms with Crippen LogP contribution in [0.4, 0.5) is 0 Å². The average Bonchev–Trinajstić information content (AvgIpc) is 4.03. The summed E-state index contributed by atoms with van der Waals surface area (Å²) < 4.78 is 7.02. The minimum absolute atomic E-state index is 0. The Bertz CT molecular complexity index is 3530. The van der Waals surface area contributed by atoms with Gasteiger partial charge in [-0.2, -0.15) is 0 Å². The molecule has 0 amide bonds. The molecule has 0 fully saturated rings. The number of hydrogen-bond donors (Lipinski definition) is 0. The number of hydrogen-bond acceptors (Lipinski definition) is 2. The zero-order chi connectivity index (χ0) is 40.6. The van der Waals surface area contributed by atoms with Crippen molar-refractivity contribution < 1.29 is 20.1 Å². The minimum Gasteiger partial charge on any atom is -0.366 e. The molecular weight excluding hydrogens is 923 g/mol. The van der Waals surface area contributed by atoms with Crippen LogP contribution in [-0.4, -0.2) is 23.5 Å². The molecule has 6 heteroatoms. The van der Waals surface area contributed by atoms with Crippen LogP contribution in [0.3, 0.4) is 0 Å². The molecule has 1 radical (unpaired) electrons. The van der Waals surface area contributed by atoms with Crippen LogP contribution in [0.1, 0.15) is 50.7 Å². The van der Waals surface area contributed by atoms with Crippen molar-refractivity contribution in [3.8, 4) is 28.5 Å². The molecule has 0 aliphatic carbocycles. The number of para-hydroxylation sites is 5. The third kappa shape index (κ3) is 6.00. The van der Waals surface area contributed by atoms with E-state index in [0.717, 1.165) is 39.3 Å². The molecule has 12 rings (SSSR count). The number of rotatable bonds is 5. The summed E-state index contributed by atoms with van der Waals surface area (Å²) in [5, 5.41) is 7.72. The van der Waals surface area contributed by atoms with Crippen LogP contribution in [0.2, 0.25) is 0 Å². The van der Waals surface area contributed by atoms with Crippen LogP contribution >= 0.6 is 0 Å². The van der Waals surface area contributed by atoms with Crippen LogP contribution in [-0.2, 0) is 27.2 Å². The zero-order valence-electron chi connectivity index (χ0n) is 34.7. The van der Waals surface area contributed by atoms with E-state index >= 15 is 0 Å². The normalized spacial score (nSPS) is 11.9. The first-order chi connectivity index (χ1) is 29.4. The molecule has 0 aliphatic heterocycles. The van der Waals surface area contributed by atoms with Gasteiger partial charge >= 0.3 is 0 Å². The first kappa shape index (κ1) is 38.6. The number of aryl methyl sites for hydroxylation is 1. The van der Waals surface area contributed by atoms with Crippen molar-refractivity contribution in [3.05, 3.63) is 181 Å². The first-order valence-corrected chi connectivity index (χ1v) is 20.9. The van der Waals surface area contributed by atoms with Gasteiger partial charge in [0.05, 0.1) is 50.3 Å². The summed E-state index contributed by atoms with van der Waals surface area (Å²) in [4.78, 5) is 10.0. The van der Waals surface area contributed by atoms with Crippen molar-refractivity contribution in [2.24, 2.45) is 7.05 Å². The third-order valence-corrected chi connectivity index (χ3v) is 12.2. The molecule has 12 aromatic rings. The van der Waals surface area contributed by atoms with Crippen LogP contribution in [0.15, 0.2) is 158 Å². The summed E-state index contributed by atoms with van der Waals surface area (Å²) in [5.41, 5.74) is 14.1. The minimum atomic E-state index is 0.